The Morgan fingerprint density at radius 3 is 2.91 bits per heavy atom. The van der Waals surface area contributed by atoms with Crippen LogP contribution in [-0.2, 0) is 9.53 Å². The first-order chi connectivity index (χ1) is 11.1. The van der Waals surface area contributed by atoms with Gasteiger partial charge in [0, 0.05) is 22.6 Å². The van der Waals surface area contributed by atoms with Gasteiger partial charge in [-0.2, -0.15) is 0 Å². The molecule has 1 saturated heterocycles. The molecule has 3 rings (SSSR count). The van der Waals surface area contributed by atoms with E-state index in [9.17, 15) is 9.18 Å². The lowest BCUT2D eigenvalue weighted by Crippen LogP contribution is -2.42. The molecular formula is C18H18FNO2S. The third-order valence-electron chi connectivity index (χ3n) is 3.85. The second kappa shape index (κ2) is 7.06. The van der Waals surface area contributed by atoms with Crippen LogP contribution >= 0.6 is 11.3 Å². The Bertz CT molecular complexity index is 712. The van der Waals surface area contributed by atoms with E-state index < -0.39 is 6.10 Å². The molecule has 1 unspecified atom stereocenters. The highest BCUT2D eigenvalue weighted by atomic mass is 32.1. The highest BCUT2D eigenvalue weighted by Gasteiger charge is 2.27. The van der Waals surface area contributed by atoms with Gasteiger partial charge in [0.2, 0.25) is 5.91 Å². The number of thiophene rings is 1. The Balaban J connectivity index is 1.73. The van der Waals surface area contributed by atoms with Crippen molar-refractivity contribution in [1.29, 1.82) is 0 Å². The molecule has 1 aromatic carbocycles. The summed E-state index contributed by atoms with van der Waals surface area (Å²) < 4.78 is 19.6. The maximum absolute atomic E-state index is 13.9. The Hall–Kier alpha value is -1.98. The van der Waals surface area contributed by atoms with Crippen molar-refractivity contribution >= 4 is 23.3 Å². The number of hydrogen-bond acceptors (Lipinski definition) is 3. The van der Waals surface area contributed by atoms with Crippen molar-refractivity contribution in [3.63, 3.8) is 0 Å². The summed E-state index contributed by atoms with van der Waals surface area (Å²) in [5.74, 6) is -0.319. The van der Waals surface area contributed by atoms with Crippen molar-refractivity contribution in [3.8, 4) is 0 Å². The zero-order chi connectivity index (χ0) is 16.2. The number of nitrogens with zero attached hydrogens (tertiary/aromatic N) is 1. The molecule has 23 heavy (non-hydrogen) atoms. The van der Waals surface area contributed by atoms with Crippen LogP contribution in [0.4, 0.5) is 4.39 Å². The summed E-state index contributed by atoms with van der Waals surface area (Å²) in [7, 11) is 0. The summed E-state index contributed by atoms with van der Waals surface area (Å²) in [6.45, 7) is 3.13. The quantitative estimate of drug-likeness (QED) is 0.799. The Labute approximate surface area is 139 Å². The van der Waals surface area contributed by atoms with E-state index in [1.807, 2.05) is 30.5 Å². The maximum atomic E-state index is 13.9. The van der Waals surface area contributed by atoms with Crippen LogP contribution in [0.3, 0.4) is 0 Å². The first-order valence-electron chi connectivity index (χ1n) is 7.52. The maximum Gasteiger partial charge on any atom is 0.249 e. The average Bonchev–Trinajstić information content (AvgIpc) is 3.07. The topological polar surface area (TPSA) is 29.5 Å². The van der Waals surface area contributed by atoms with Crippen molar-refractivity contribution in [2.75, 3.05) is 19.7 Å². The largest absolute Gasteiger partial charge is 0.370 e. The summed E-state index contributed by atoms with van der Waals surface area (Å²) in [5, 5.41) is 1.98. The van der Waals surface area contributed by atoms with Gasteiger partial charge in [0.25, 0.3) is 0 Å². The van der Waals surface area contributed by atoms with Crippen LogP contribution in [0.5, 0.6) is 0 Å². The molecule has 0 N–H and O–H groups in total. The third-order valence-corrected chi connectivity index (χ3v) is 4.66. The molecule has 2 aromatic rings. The summed E-state index contributed by atoms with van der Waals surface area (Å²) in [6.07, 6.45) is 1.48. The fraction of sp³-hybridized carbons (Fsp3) is 0.278. The number of carbonyl (C=O) groups excluding carboxylic acids is 1. The van der Waals surface area contributed by atoms with E-state index in [2.05, 4.69) is 0 Å². The lowest BCUT2D eigenvalue weighted by atomic mass is 10.1. The van der Waals surface area contributed by atoms with E-state index in [-0.39, 0.29) is 11.7 Å². The second-order valence-electron chi connectivity index (χ2n) is 5.47. The molecule has 0 radical (unpaired) electrons. The zero-order valence-electron chi connectivity index (χ0n) is 12.9. The fourth-order valence-electron chi connectivity index (χ4n) is 2.66. The van der Waals surface area contributed by atoms with E-state index in [0.717, 1.165) is 4.88 Å². The van der Waals surface area contributed by atoms with Gasteiger partial charge in [0.05, 0.1) is 13.2 Å². The minimum Gasteiger partial charge on any atom is -0.370 e. The molecule has 2 heterocycles. The van der Waals surface area contributed by atoms with Gasteiger partial charge in [-0.25, -0.2) is 4.39 Å². The molecule has 1 fully saturated rings. The molecule has 0 spiro atoms. The van der Waals surface area contributed by atoms with E-state index >= 15 is 0 Å². The van der Waals surface area contributed by atoms with Crippen LogP contribution in [0.1, 0.15) is 23.5 Å². The van der Waals surface area contributed by atoms with E-state index in [1.54, 1.807) is 34.4 Å². The van der Waals surface area contributed by atoms with Crippen molar-refractivity contribution < 1.29 is 13.9 Å². The number of halogens is 1. The molecule has 0 saturated carbocycles. The molecule has 1 atom stereocenters. The van der Waals surface area contributed by atoms with Crippen LogP contribution in [0.2, 0.25) is 0 Å². The number of benzene rings is 1. The van der Waals surface area contributed by atoms with Gasteiger partial charge in [-0.15, -0.1) is 11.3 Å². The van der Waals surface area contributed by atoms with Crippen LogP contribution in [0.15, 0.2) is 47.4 Å². The second-order valence-corrected chi connectivity index (χ2v) is 6.45. The monoisotopic (exact) mass is 331 g/mol. The molecule has 0 bridgehead atoms. The number of amides is 1. The third kappa shape index (κ3) is 3.68. The van der Waals surface area contributed by atoms with Crippen molar-refractivity contribution in [1.82, 2.24) is 4.90 Å². The molecule has 1 aliphatic heterocycles. The molecular weight excluding hydrogens is 313 g/mol. The molecule has 1 aliphatic rings. The highest BCUT2D eigenvalue weighted by Crippen LogP contribution is 2.25. The Morgan fingerprint density at radius 2 is 2.17 bits per heavy atom. The molecule has 0 aliphatic carbocycles. The van der Waals surface area contributed by atoms with Crippen LogP contribution in [0.25, 0.3) is 6.08 Å². The van der Waals surface area contributed by atoms with Crippen LogP contribution in [-0.4, -0.2) is 30.5 Å². The van der Waals surface area contributed by atoms with Gasteiger partial charge in [0.15, 0.2) is 0 Å². The smallest absolute Gasteiger partial charge is 0.249 e. The molecule has 120 valence electrons. The van der Waals surface area contributed by atoms with Crippen molar-refractivity contribution in [2.45, 2.75) is 13.0 Å². The molecule has 1 amide bonds. The van der Waals surface area contributed by atoms with Gasteiger partial charge in [0.1, 0.15) is 11.9 Å². The number of carbonyl (C=O) groups is 1. The number of ether oxygens (including phenoxy) is 1. The first kappa shape index (κ1) is 15.9. The zero-order valence-corrected chi connectivity index (χ0v) is 13.7. The highest BCUT2D eigenvalue weighted by molar-refractivity contribution is 7.10. The summed E-state index contributed by atoms with van der Waals surface area (Å²) in [5.41, 5.74) is 1.19. The van der Waals surface area contributed by atoms with Gasteiger partial charge < -0.3 is 9.64 Å². The Kier molecular flexibility index (Phi) is 4.88. The van der Waals surface area contributed by atoms with Gasteiger partial charge in [-0.05, 0) is 30.5 Å². The summed E-state index contributed by atoms with van der Waals surface area (Å²) in [4.78, 5) is 15.4. The lowest BCUT2D eigenvalue weighted by molar-refractivity contribution is -0.134. The average molecular weight is 331 g/mol. The van der Waals surface area contributed by atoms with Crippen molar-refractivity contribution in [3.05, 3.63) is 63.6 Å². The number of morpholine rings is 1. The predicted octanol–water partition coefficient (Wildman–Crippen LogP) is 3.89. The minimum absolute atomic E-state index is 0.0250. The van der Waals surface area contributed by atoms with Crippen LogP contribution < -0.4 is 0 Å². The van der Waals surface area contributed by atoms with E-state index in [0.29, 0.717) is 30.8 Å². The first-order valence-corrected chi connectivity index (χ1v) is 8.40. The SMILES string of the molecule is C/C(=C\c1cccs1)C(=O)N1CCOC(c2ccccc2F)C1. The fourth-order valence-corrected chi connectivity index (χ4v) is 3.37. The number of rotatable bonds is 3. The summed E-state index contributed by atoms with van der Waals surface area (Å²) >= 11 is 1.59. The molecule has 3 nitrogen and oxygen atoms in total. The predicted molar refractivity (Wildman–Crippen MR) is 89.6 cm³/mol. The van der Waals surface area contributed by atoms with Gasteiger partial charge in [-0.1, -0.05) is 24.3 Å². The van der Waals surface area contributed by atoms with Gasteiger partial charge >= 0.3 is 0 Å². The van der Waals surface area contributed by atoms with Gasteiger partial charge in [-0.3, -0.25) is 4.79 Å². The van der Waals surface area contributed by atoms with Crippen molar-refractivity contribution in [2.24, 2.45) is 0 Å². The van der Waals surface area contributed by atoms with Crippen LogP contribution in [0, 0.1) is 5.82 Å². The number of hydrogen-bond donors (Lipinski definition) is 0. The summed E-state index contributed by atoms with van der Waals surface area (Å²) in [6, 6.07) is 10.5. The van der Waals surface area contributed by atoms with E-state index in [1.165, 1.54) is 6.07 Å². The standard InChI is InChI=1S/C18H18FNO2S/c1-13(11-14-5-4-10-23-14)18(21)20-8-9-22-17(12-20)15-6-2-3-7-16(15)19/h2-7,10-11,17H,8-9,12H2,1H3/b13-11+. The molecule has 5 heteroatoms. The Morgan fingerprint density at radius 1 is 1.35 bits per heavy atom. The normalized spacial score (nSPS) is 19.0. The van der Waals surface area contributed by atoms with E-state index in [4.69, 9.17) is 4.74 Å². The minimum atomic E-state index is -0.413. The lowest BCUT2D eigenvalue weighted by Gasteiger charge is -2.33. The molecule has 1 aromatic heterocycles.